The van der Waals surface area contributed by atoms with Crippen molar-refractivity contribution in [1.82, 2.24) is 19.9 Å². The minimum Gasteiger partial charge on any atom is -0.483 e. The van der Waals surface area contributed by atoms with Gasteiger partial charge in [-0.15, -0.1) is 0 Å². The zero-order valence-corrected chi connectivity index (χ0v) is 30.0. The topological polar surface area (TPSA) is 161 Å². The molecule has 13 heteroatoms. The van der Waals surface area contributed by atoms with Crippen molar-refractivity contribution in [3.8, 4) is 17.0 Å². The highest BCUT2D eigenvalue weighted by Gasteiger charge is 2.64. The fourth-order valence-corrected chi connectivity index (χ4v) is 9.52. The number of carbonyl (C=O) groups is 3. The quantitative estimate of drug-likeness (QED) is 0.333. The average Bonchev–Trinajstić information content (AvgIpc) is 4.01. The number of aryl methyl sites for hydroxylation is 1. The third-order valence-corrected chi connectivity index (χ3v) is 14.0. The molecule has 11 nitrogen and oxygen atoms in total. The lowest BCUT2D eigenvalue weighted by Gasteiger charge is -2.37. The van der Waals surface area contributed by atoms with E-state index in [1.54, 1.807) is 19.1 Å². The lowest BCUT2D eigenvalue weighted by atomic mass is 9.86. The van der Waals surface area contributed by atoms with Gasteiger partial charge in [-0.1, -0.05) is 55.3 Å². The maximum absolute atomic E-state index is 14.5. The van der Waals surface area contributed by atoms with Crippen molar-refractivity contribution in [3.05, 3.63) is 72.1 Å². The molecule has 0 bridgehead atoms. The van der Waals surface area contributed by atoms with Gasteiger partial charge in [0.05, 0.1) is 22.9 Å². The van der Waals surface area contributed by atoms with Gasteiger partial charge < -0.3 is 20.7 Å². The number of ether oxygens (including phenoxy) is 1. The van der Waals surface area contributed by atoms with Crippen molar-refractivity contribution < 1.29 is 31.9 Å². The number of amides is 3. The molecule has 2 aromatic carbocycles. The van der Waals surface area contributed by atoms with E-state index in [0.717, 1.165) is 42.1 Å². The van der Waals surface area contributed by atoms with Gasteiger partial charge in [0.25, 0.3) is 5.91 Å². The molecule has 8 rings (SSSR count). The summed E-state index contributed by atoms with van der Waals surface area (Å²) < 4.78 is 49.0. The molecule has 274 valence electrons. The highest BCUT2D eigenvalue weighted by molar-refractivity contribution is 7.91. The number of sulfonamides is 1. The number of para-hydroxylation sites is 1. The van der Waals surface area contributed by atoms with Crippen molar-refractivity contribution in [2.45, 2.75) is 106 Å². The molecule has 3 fully saturated rings. The number of hydrogen-bond donors (Lipinski definition) is 3. The molecular formula is C39H44FN5O6S. The number of nitrogens with one attached hydrogen (secondary N) is 2. The number of carbonyl (C=O) groups excluding carboxylic acids is 3. The van der Waals surface area contributed by atoms with Gasteiger partial charge >= 0.3 is 0 Å². The van der Waals surface area contributed by atoms with Crippen molar-refractivity contribution in [2.24, 2.45) is 11.7 Å². The summed E-state index contributed by atoms with van der Waals surface area (Å²) in [7, 11) is -3.97. The number of aromatic nitrogens is 1. The molecule has 1 aromatic heterocycles. The number of halogens is 1. The molecule has 5 aliphatic rings. The molecule has 2 aliphatic carbocycles. The van der Waals surface area contributed by atoms with Gasteiger partial charge in [-0.05, 0) is 76.5 Å². The Bertz CT molecular complexity index is 2120. The predicted octanol–water partition coefficient (Wildman–Crippen LogP) is 4.43. The molecule has 1 spiro atoms. The smallest absolute Gasteiger partial charge is 0.259 e. The van der Waals surface area contributed by atoms with Crippen molar-refractivity contribution in [1.29, 1.82) is 0 Å². The summed E-state index contributed by atoms with van der Waals surface area (Å²) in [6.45, 7) is 1.67. The minimum absolute atomic E-state index is 0.0712. The van der Waals surface area contributed by atoms with E-state index in [2.05, 4.69) is 10.0 Å². The molecule has 4 heterocycles. The number of rotatable bonds is 4. The highest BCUT2D eigenvalue weighted by atomic mass is 32.2. The Hall–Kier alpha value is -4.36. The standard InChI is InChI=1S/C39H44FN5O6S/c1-37(18-19-37)52(49,50)44-36(48)39-21-25(39)11-5-3-2-4-6-14-29(41)35(47)45-23-38(22-31(45)34(46)43-39)17-16-28-27-13-7-8-15-30(27)42-32(33(28)51-38)24-10-9-12-26(40)20-24/h5,7-13,15,20,25,29,31H,2-4,6,14,16-19,21-23,41H2,1H3,(H,43,46)(H,44,48)/b11-5-/t25-,29+,31+,38-,39-/m1/s1. The normalized spacial score (nSPS) is 30.5. The van der Waals surface area contributed by atoms with Crippen LogP contribution in [0.5, 0.6) is 5.75 Å². The molecule has 0 radical (unpaired) electrons. The Kier molecular flexibility index (Phi) is 8.44. The van der Waals surface area contributed by atoms with E-state index in [1.165, 1.54) is 17.0 Å². The van der Waals surface area contributed by atoms with E-state index in [4.69, 9.17) is 15.5 Å². The van der Waals surface area contributed by atoms with Crippen molar-refractivity contribution >= 4 is 38.6 Å². The van der Waals surface area contributed by atoms with E-state index in [1.807, 2.05) is 36.4 Å². The lowest BCUT2D eigenvalue weighted by molar-refractivity contribution is -0.140. The van der Waals surface area contributed by atoms with Gasteiger partial charge in [0.15, 0.2) is 0 Å². The summed E-state index contributed by atoms with van der Waals surface area (Å²) in [5, 5.41) is 3.85. The van der Waals surface area contributed by atoms with Crippen LogP contribution < -0.4 is 20.5 Å². The van der Waals surface area contributed by atoms with Crippen LogP contribution >= 0.6 is 0 Å². The molecule has 52 heavy (non-hydrogen) atoms. The second kappa shape index (κ2) is 12.6. The monoisotopic (exact) mass is 729 g/mol. The first kappa shape index (κ1) is 34.7. The number of allylic oxidation sites excluding steroid dienone is 1. The largest absolute Gasteiger partial charge is 0.483 e. The molecule has 2 saturated carbocycles. The van der Waals surface area contributed by atoms with E-state index in [9.17, 15) is 27.2 Å². The SMILES string of the molecule is CC1(S(=O)(=O)NC(=O)[C@@]23C[C@H]2/C=C\CCCCC[C@H](N)C(=O)N2C[C@@]4(CCc5c(c(-c6cccc(F)c6)nc6ccccc56)O4)C[C@H]2C(=O)N3)CC1. The van der Waals surface area contributed by atoms with E-state index >= 15 is 0 Å². The van der Waals surface area contributed by atoms with Crippen LogP contribution in [0.4, 0.5) is 4.39 Å². The number of nitrogens with zero attached hydrogens (tertiary/aromatic N) is 2. The van der Waals surface area contributed by atoms with Crippen LogP contribution in [0, 0.1) is 11.7 Å². The number of benzene rings is 2. The third-order valence-electron chi connectivity index (χ3n) is 11.9. The number of hydrogen-bond acceptors (Lipinski definition) is 8. The zero-order valence-electron chi connectivity index (χ0n) is 29.2. The fraction of sp³-hybridized carbons (Fsp3) is 0.487. The Balaban J connectivity index is 1.15. The fourth-order valence-electron chi connectivity index (χ4n) is 8.21. The Morgan fingerprint density at radius 2 is 1.88 bits per heavy atom. The molecule has 3 aliphatic heterocycles. The molecule has 0 unspecified atom stereocenters. The maximum atomic E-state index is 14.5. The van der Waals surface area contributed by atoms with Gasteiger partial charge in [-0.3, -0.25) is 19.1 Å². The van der Waals surface area contributed by atoms with Gasteiger partial charge in [-0.2, -0.15) is 0 Å². The minimum atomic E-state index is -3.97. The summed E-state index contributed by atoms with van der Waals surface area (Å²) in [4.78, 5) is 48.8. The van der Waals surface area contributed by atoms with Crippen LogP contribution in [0.3, 0.4) is 0 Å². The van der Waals surface area contributed by atoms with Crippen LogP contribution in [0.2, 0.25) is 0 Å². The number of fused-ring (bicyclic) bond motifs is 5. The van der Waals surface area contributed by atoms with Crippen LogP contribution in [0.15, 0.2) is 60.7 Å². The summed E-state index contributed by atoms with van der Waals surface area (Å²) in [5.74, 6) is -2.05. The third kappa shape index (κ3) is 6.05. The predicted molar refractivity (Wildman–Crippen MR) is 193 cm³/mol. The first-order valence-electron chi connectivity index (χ1n) is 18.3. The van der Waals surface area contributed by atoms with Crippen LogP contribution in [-0.4, -0.2) is 70.5 Å². The molecule has 3 amide bonds. The Morgan fingerprint density at radius 1 is 1.08 bits per heavy atom. The van der Waals surface area contributed by atoms with Crippen molar-refractivity contribution in [3.63, 3.8) is 0 Å². The Morgan fingerprint density at radius 3 is 2.67 bits per heavy atom. The number of nitrogens with two attached hydrogens (primary N) is 1. The molecule has 1 saturated heterocycles. The van der Waals surface area contributed by atoms with E-state index in [-0.39, 0.29) is 25.3 Å². The van der Waals surface area contributed by atoms with Gasteiger partial charge in [0, 0.05) is 28.9 Å². The van der Waals surface area contributed by atoms with E-state index in [0.29, 0.717) is 49.1 Å². The summed E-state index contributed by atoms with van der Waals surface area (Å²) >= 11 is 0. The zero-order chi connectivity index (χ0) is 36.5. The number of pyridine rings is 1. The molecule has 4 N–H and O–H groups in total. The molecule has 3 aromatic rings. The van der Waals surface area contributed by atoms with Gasteiger partial charge in [0.2, 0.25) is 21.8 Å². The van der Waals surface area contributed by atoms with Crippen LogP contribution in [0.25, 0.3) is 22.2 Å². The highest BCUT2D eigenvalue weighted by Crippen LogP contribution is 2.50. The summed E-state index contributed by atoms with van der Waals surface area (Å²) in [6, 6.07) is 12.0. The van der Waals surface area contributed by atoms with Crippen LogP contribution in [0.1, 0.15) is 76.7 Å². The summed E-state index contributed by atoms with van der Waals surface area (Å²) in [6.07, 6.45) is 9.81. The van der Waals surface area contributed by atoms with Crippen LogP contribution in [-0.2, 0) is 30.8 Å². The first-order chi connectivity index (χ1) is 24.8. The molecule has 5 atom stereocenters. The van der Waals surface area contributed by atoms with Crippen molar-refractivity contribution in [2.75, 3.05) is 6.54 Å². The second-order valence-electron chi connectivity index (χ2n) is 15.6. The van der Waals surface area contributed by atoms with E-state index < -0.39 is 61.5 Å². The van der Waals surface area contributed by atoms with Gasteiger partial charge in [-0.25, -0.2) is 17.8 Å². The average molecular weight is 730 g/mol. The summed E-state index contributed by atoms with van der Waals surface area (Å²) in [5.41, 5.74) is 6.69. The molecular weight excluding hydrogens is 686 g/mol. The second-order valence-corrected chi connectivity index (χ2v) is 17.8. The van der Waals surface area contributed by atoms with Gasteiger partial charge in [0.1, 0.15) is 34.4 Å². The first-order valence-corrected chi connectivity index (χ1v) is 19.8. The lowest BCUT2D eigenvalue weighted by Crippen LogP contribution is -2.58. The maximum Gasteiger partial charge on any atom is 0.259 e. The Labute approximate surface area is 302 Å².